The molecule has 1 aromatic rings. The molecule has 0 saturated carbocycles. The molecule has 0 saturated heterocycles. The first kappa shape index (κ1) is 18.5. The second kappa shape index (κ2) is 8.79. The minimum Gasteiger partial charge on any atom is -0.497 e. The number of hydrogen-bond acceptors (Lipinski definition) is 6. The summed E-state index contributed by atoms with van der Waals surface area (Å²) in [4.78, 5) is 23.8. The van der Waals surface area contributed by atoms with Crippen LogP contribution in [0.4, 0.5) is 0 Å². The van der Waals surface area contributed by atoms with Crippen molar-refractivity contribution in [2.45, 2.75) is 32.1 Å². The van der Waals surface area contributed by atoms with E-state index in [2.05, 4.69) is 6.07 Å². The van der Waals surface area contributed by atoms with Crippen LogP contribution in [0.1, 0.15) is 32.3 Å². The third kappa shape index (κ3) is 4.99. The molecule has 0 unspecified atom stereocenters. The van der Waals surface area contributed by atoms with E-state index in [1.165, 1.54) is 7.11 Å². The summed E-state index contributed by atoms with van der Waals surface area (Å²) in [5, 5.41) is 9.69. The third-order valence-corrected chi connectivity index (χ3v) is 3.36. The van der Waals surface area contributed by atoms with E-state index in [-0.39, 0.29) is 26.1 Å². The average molecular weight is 319 g/mol. The highest BCUT2D eigenvalue weighted by molar-refractivity contribution is 5.77. The highest BCUT2D eigenvalue weighted by Gasteiger charge is 2.38. The number of carbonyl (C=O) groups is 2. The van der Waals surface area contributed by atoms with Crippen molar-refractivity contribution in [2.24, 2.45) is 0 Å². The zero-order chi connectivity index (χ0) is 17.3. The molecule has 0 aliphatic carbocycles. The Balaban J connectivity index is 3.17. The minimum atomic E-state index is -1.33. The van der Waals surface area contributed by atoms with Gasteiger partial charge in [-0.3, -0.25) is 9.59 Å². The number of nitriles is 1. The van der Waals surface area contributed by atoms with Crippen molar-refractivity contribution in [2.75, 3.05) is 20.3 Å². The van der Waals surface area contributed by atoms with E-state index in [0.29, 0.717) is 11.3 Å². The minimum absolute atomic E-state index is 0.211. The van der Waals surface area contributed by atoms with Crippen LogP contribution >= 0.6 is 0 Å². The molecule has 0 radical (unpaired) electrons. The molecule has 0 fully saturated rings. The lowest BCUT2D eigenvalue weighted by Crippen LogP contribution is -2.32. The van der Waals surface area contributed by atoms with Crippen LogP contribution in [0.3, 0.4) is 0 Å². The molecular formula is C17H21NO5. The van der Waals surface area contributed by atoms with E-state index in [9.17, 15) is 14.9 Å². The van der Waals surface area contributed by atoms with Gasteiger partial charge in [0.25, 0.3) is 0 Å². The number of benzene rings is 1. The molecule has 0 N–H and O–H groups in total. The average Bonchev–Trinajstić information content (AvgIpc) is 2.54. The normalized spacial score (nSPS) is 10.5. The van der Waals surface area contributed by atoms with Gasteiger partial charge >= 0.3 is 11.9 Å². The number of hydrogen-bond donors (Lipinski definition) is 0. The standard InChI is InChI=1S/C17H21NO5/c1-4-22-15(19)10-17(12-18,11-16(20)23-5-2)13-6-8-14(21-3)9-7-13/h6-9H,4-5,10-11H2,1-3H3. The van der Waals surface area contributed by atoms with Gasteiger partial charge < -0.3 is 14.2 Å². The second-order valence-electron chi connectivity index (χ2n) is 4.89. The first-order chi connectivity index (χ1) is 11.0. The predicted octanol–water partition coefficient (Wildman–Crippen LogP) is 2.36. The van der Waals surface area contributed by atoms with Crippen molar-refractivity contribution in [3.63, 3.8) is 0 Å². The van der Waals surface area contributed by atoms with Crippen molar-refractivity contribution >= 4 is 11.9 Å². The SMILES string of the molecule is CCOC(=O)CC(C#N)(CC(=O)OCC)c1ccc(OC)cc1. The van der Waals surface area contributed by atoms with Crippen LogP contribution in [0.2, 0.25) is 0 Å². The van der Waals surface area contributed by atoms with Crippen LogP contribution in [-0.4, -0.2) is 32.3 Å². The van der Waals surface area contributed by atoms with Crippen LogP contribution in [0, 0.1) is 11.3 Å². The Morgan fingerprint density at radius 1 is 1.04 bits per heavy atom. The largest absolute Gasteiger partial charge is 0.497 e. The molecule has 6 heteroatoms. The topological polar surface area (TPSA) is 85.6 Å². The van der Waals surface area contributed by atoms with E-state index >= 15 is 0 Å². The summed E-state index contributed by atoms with van der Waals surface area (Å²) in [7, 11) is 1.53. The van der Waals surface area contributed by atoms with E-state index in [0.717, 1.165) is 0 Å². The Morgan fingerprint density at radius 3 is 1.87 bits per heavy atom. The van der Waals surface area contributed by atoms with Gasteiger partial charge in [-0.25, -0.2) is 0 Å². The van der Waals surface area contributed by atoms with Crippen LogP contribution in [-0.2, 0) is 24.5 Å². The van der Waals surface area contributed by atoms with Gasteiger partial charge in [-0.1, -0.05) is 12.1 Å². The van der Waals surface area contributed by atoms with Gasteiger partial charge in [0.1, 0.15) is 11.2 Å². The quantitative estimate of drug-likeness (QED) is 0.684. The Bertz CT molecular complexity index is 554. The number of carbonyl (C=O) groups excluding carboxylic acids is 2. The molecule has 0 aromatic heterocycles. The number of methoxy groups -OCH3 is 1. The molecule has 0 atom stereocenters. The van der Waals surface area contributed by atoms with Crippen LogP contribution in [0.25, 0.3) is 0 Å². The van der Waals surface area contributed by atoms with Crippen molar-refractivity contribution in [1.82, 2.24) is 0 Å². The molecule has 1 rings (SSSR count). The molecule has 0 bridgehead atoms. The fourth-order valence-corrected chi connectivity index (χ4v) is 2.24. The summed E-state index contributed by atoms with van der Waals surface area (Å²) in [6.45, 7) is 3.79. The van der Waals surface area contributed by atoms with Gasteiger partial charge in [-0.05, 0) is 31.5 Å². The first-order valence-corrected chi connectivity index (χ1v) is 7.38. The van der Waals surface area contributed by atoms with Gasteiger partial charge in [0.15, 0.2) is 0 Å². The lowest BCUT2D eigenvalue weighted by molar-refractivity contribution is -0.146. The number of nitrogens with zero attached hydrogens (tertiary/aromatic N) is 1. The molecular weight excluding hydrogens is 298 g/mol. The van der Waals surface area contributed by atoms with Crippen molar-refractivity contribution in [3.8, 4) is 11.8 Å². The molecule has 0 aliphatic rings. The zero-order valence-corrected chi connectivity index (χ0v) is 13.6. The maximum Gasteiger partial charge on any atom is 0.307 e. The highest BCUT2D eigenvalue weighted by atomic mass is 16.5. The summed E-state index contributed by atoms with van der Waals surface area (Å²) in [6, 6.07) is 8.80. The van der Waals surface area contributed by atoms with Crippen LogP contribution < -0.4 is 4.74 Å². The van der Waals surface area contributed by atoms with Gasteiger partial charge in [0, 0.05) is 0 Å². The summed E-state index contributed by atoms with van der Waals surface area (Å²) >= 11 is 0. The summed E-state index contributed by atoms with van der Waals surface area (Å²) in [5.41, 5.74) is -0.785. The summed E-state index contributed by atoms with van der Waals surface area (Å²) in [5.74, 6) is -0.448. The zero-order valence-electron chi connectivity index (χ0n) is 13.6. The van der Waals surface area contributed by atoms with Gasteiger partial charge in [-0.15, -0.1) is 0 Å². The maximum atomic E-state index is 11.9. The lowest BCUT2D eigenvalue weighted by Gasteiger charge is -2.25. The molecule has 124 valence electrons. The van der Waals surface area contributed by atoms with Crippen molar-refractivity contribution < 1.29 is 23.8 Å². The smallest absolute Gasteiger partial charge is 0.307 e. The Labute approximate surface area is 136 Å². The van der Waals surface area contributed by atoms with Gasteiger partial charge in [-0.2, -0.15) is 5.26 Å². The van der Waals surface area contributed by atoms with E-state index in [1.807, 2.05) is 0 Å². The monoisotopic (exact) mass is 319 g/mol. The Morgan fingerprint density at radius 2 is 1.52 bits per heavy atom. The van der Waals surface area contributed by atoms with Crippen LogP contribution in [0.5, 0.6) is 5.75 Å². The fourth-order valence-electron chi connectivity index (χ4n) is 2.24. The fraction of sp³-hybridized carbons (Fsp3) is 0.471. The number of ether oxygens (including phenoxy) is 3. The molecule has 0 amide bonds. The molecule has 6 nitrogen and oxygen atoms in total. The summed E-state index contributed by atoms with van der Waals surface area (Å²) in [6.07, 6.45) is -0.440. The Hall–Kier alpha value is -2.55. The Kier molecular flexibility index (Phi) is 7.07. The third-order valence-electron chi connectivity index (χ3n) is 3.36. The first-order valence-electron chi connectivity index (χ1n) is 7.38. The van der Waals surface area contributed by atoms with Gasteiger partial charge in [0.2, 0.25) is 0 Å². The highest BCUT2D eigenvalue weighted by Crippen LogP contribution is 2.33. The predicted molar refractivity (Wildman–Crippen MR) is 82.8 cm³/mol. The van der Waals surface area contributed by atoms with Gasteiger partial charge in [0.05, 0.1) is 39.2 Å². The molecule has 1 aromatic carbocycles. The molecule has 0 heterocycles. The van der Waals surface area contributed by atoms with Crippen LogP contribution in [0.15, 0.2) is 24.3 Å². The maximum absolute atomic E-state index is 11.9. The van der Waals surface area contributed by atoms with E-state index in [1.54, 1.807) is 38.1 Å². The van der Waals surface area contributed by atoms with Crippen molar-refractivity contribution in [3.05, 3.63) is 29.8 Å². The number of esters is 2. The summed E-state index contributed by atoms with van der Waals surface area (Å²) < 4.78 is 15.0. The second-order valence-corrected chi connectivity index (χ2v) is 4.89. The lowest BCUT2D eigenvalue weighted by atomic mass is 9.76. The van der Waals surface area contributed by atoms with Crippen molar-refractivity contribution in [1.29, 1.82) is 5.26 Å². The molecule has 0 spiro atoms. The van der Waals surface area contributed by atoms with E-state index in [4.69, 9.17) is 14.2 Å². The molecule has 23 heavy (non-hydrogen) atoms. The van der Waals surface area contributed by atoms with E-state index < -0.39 is 17.4 Å². The molecule has 0 aliphatic heterocycles. The number of rotatable bonds is 8.